The van der Waals surface area contributed by atoms with Gasteiger partial charge >= 0.3 is 5.69 Å². The fraction of sp³-hybridized carbons (Fsp3) is 0.188. The van der Waals surface area contributed by atoms with Crippen LogP contribution in [0.25, 0.3) is 0 Å². The van der Waals surface area contributed by atoms with E-state index in [0.29, 0.717) is 6.54 Å². The molecule has 26 heavy (non-hydrogen) atoms. The minimum Gasteiger partial charge on any atom is -0.464 e. The summed E-state index contributed by atoms with van der Waals surface area (Å²) in [5.41, 5.74) is 0.820. The maximum absolute atomic E-state index is 12.1. The Morgan fingerprint density at radius 1 is 1.23 bits per heavy atom. The molecule has 2 heterocycles. The number of ether oxygens (including phenoxy) is 1. The highest BCUT2D eigenvalue weighted by atomic mass is 16.6. The van der Waals surface area contributed by atoms with E-state index in [1.165, 1.54) is 22.9 Å². The molecule has 1 N–H and O–H groups in total. The number of nitrogens with zero attached hydrogens (tertiary/aromatic N) is 5. The first-order valence-electron chi connectivity index (χ1n) is 7.69. The number of rotatable bonds is 7. The molecule has 0 aliphatic heterocycles. The molecule has 0 saturated heterocycles. The lowest BCUT2D eigenvalue weighted by atomic mass is 10.3. The summed E-state index contributed by atoms with van der Waals surface area (Å²) in [5, 5.41) is 21.9. The van der Waals surface area contributed by atoms with Gasteiger partial charge in [0.15, 0.2) is 12.5 Å². The average Bonchev–Trinajstić information content (AvgIpc) is 3.27. The van der Waals surface area contributed by atoms with Crippen LogP contribution in [0.4, 0.5) is 5.69 Å². The zero-order valence-electron chi connectivity index (χ0n) is 13.9. The maximum Gasteiger partial charge on any atom is 0.311 e. The van der Waals surface area contributed by atoms with Crippen molar-refractivity contribution in [1.29, 1.82) is 0 Å². The van der Waals surface area contributed by atoms with Gasteiger partial charge < -0.3 is 10.1 Å². The highest BCUT2D eigenvalue weighted by Crippen LogP contribution is 2.25. The van der Waals surface area contributed by atoms with E-state index in [4.69, 9.17) is 4.74 Å². The van der Waals surface area contributed by atoms with Gasteiger partial charge in [0.1, 0.15) is 5.69 Å². The molecule has 0 bridgehead atoms. The molecule has 0 aliphatic carbocycles. The van der Waals surface area contributed by atoms with Gasteiger partial charge in [-0.1, -0.05) is 12.1 Å². The van der Waals surface area contributed by atoms with Crippen LogP contribution in [-0.2, 0) is 20.3 Å². The van der Waals surface area contributed by atoms with Gasteiger partial charge in [-0.3, -0.25) is 19.6 Å². The SMILES string of the molecule is Cn1ccc(CNC(=O)c2ccn(COc3ccccc3[N+](=O)[O-])n2)n1. The molecule has 3 aromatic rings. The number of carbonyl (C=O) groups excluding carboxylic acids is 1. The number of benzene rings is 1. The molecule has 10 heteroatoms. The molecule has 2 aromatic heterocycles. The largest absolute Gasteiger partial charge is 0.464 e. The summed E-state index contributed by atoms with van der Waals surface area (Å²) in [6.45, 7) is 0.234. The van der Waals surface area contributed by atoms with Gasteiger partial charge in [0.25, 0.3) is 5.91 Å². The smallest absolute Gasteiger partial charge is 0.311 e. The average molecular weight is 356 g/mol. The van der Waals surface area contributed by atoms with Gasteiger partial charge in [0, 0.05) is 25.5 Å². The van der Waals surface area contributed by atoms with E-state index >= 15 is 0 Å². The van der Waals surface area contributed by atoms with E-state index in [9.17, 15) is 14.9 Å². The molecular weight excluding hydrogens is 340 g/mol. The Labute approximate surface area is 148 Å². The normalized spacial score (nSPS) is 10.5. The van der Waals surface area contributed by atoms with Gasteiger partial charge in [0.2, 0.25) is 0 Å². The van der Waals surface area contributed by atoms with E-state index in [2.05, 4.69) is 15.5 Å². The zero-order chi connectivity index (χ0) is 18.5. The van der Waals surface area contributed by atoms with Crippen LogP contribution >= 0.6 is 0 Å². The van der Waals surface area contributed by atoms with E-state index in [1.54, 1.807) is 42.3 Å². The van der Waals surface area contributed by atoms with Crippen LogP contribution in [0.15, 0.2) is 48.8 Å². The number of nitrogens with one attached hydrogen (secondary N) is 1. The topological polar surface area (TPSA) is 117 Å². The Hall–Kier alpha value is -3.69. The number of nitro groups is 1. The molecule has 10 nitrogen and oxygen atoms in total. The first-order valence-corrected chi connectivity index (χ1v) is 7.69. The molecule has 0 radical (unpaired) electrons. The van der Waals surface area contributed by atoms with Crippen molar-refractivity contribution in [1.82, 2.24) is 24.9 Å². The molecule has 0 aliphatic rings. The Bertz CT molecular complexity index is 932. The number of hydrogen-bond donors (Lipinski definition) is 1. The van der Waals surface area contributed by atoms with Gasteiger partial charge in [-0.25, -0.2) is 4.68 Å². The number of amides is 1. The number of carbonyl (C=O) groups is 1. The summed E-state index contributed by atoms with van der Waals surface area (Å²) in [5.74, 6) is -0.214. The molecule has 0 fully saturated rings. The number of hydrogen-bond acceptors (Lipinski definition) is 6. The van der Waals surface area contributed by atoms with Gasteiger partial charge in [-0.2, -0.15) is 10.2 Å². The van der Waals surface area contributed by atoms with Crippen LogP contribution in [0, 0.1) is 10.1 Å². The summed E-state index contributed by atoms with van der Waals surface area (Å²) < 4.78 is 8.45. The zero-order valence-corrected chi connectivity index (χ0v) is 13.9. The number of para-hydroxylation sites is 2. The fourth-order valence-corrected chi connectivity index (χ4v) is 2.24. The monoisotopic (exact) mass is 356 g/mol. The lowest BCUT2D eigenvalue weighted by Crippen LogP contribution is -2.24. The third-order valence-corrected chi connectivity index (χ3v) is 3.49. The van der Waals surface area contributed by atoms with Crippen LogP contribution in [0.1, 0.15) is 16.2 Å². The van der Waals surface area contributed by atoms with Crippen molar-refractivity contribution in [3.8, 4) is 5.75 Å². The van der Waals surface area contributed by atoms with Crippen molar-refractivity contribution < 1.29 is 14.5 Å². The van der Waals surface area contributed by atoms with E-state index in [-0.39, 0.29) is 29.8 Å². The van der Waals surface area contributed by atoms with Crippen molar-refractivity contribution >= 4 is 11.6 Å². The first kappa shape index (κ1) is 17.1. The highest BCUT2D eigenvalue weighted by Gasteiger charge is 2.14. The highest BCUT2D eigenvalue weighted by molar-refractivity contribution is 5.92. The third kappa shape index (κ3) is 4.04. The molecule has 134 valence electrons. The second-order valence-electron chi connectivity index (χ2n) is 5.40. The second kappa shape index (κ2) is 7.47. The molecule has 0 unspecified atom stereocenters. The first-order chi connectivity index (χ1) is 12.5. The Kier molecular flexibility index (Phi) is 4.92. The Morgan fingerprint density at radius 3 is 2.77 bits per heavy atom. The van der Waals surface area contributed by atoms with Crippen LogP contribution in [0.2, 0.25) is 0 Å². The van der Waals surface area contributed by atoms with Crippen LogP contribution < -0.4 is 10.1 Å². The van der Waals surface area contributed by atoms with E-state index < -0.39 is 4.92 Å². The summed E-state index contributed by atoms with van der Waals surface area (Å²) >= 11 is 0. The quantitative estimate of drug-likeness (QED) is 0.506. The molecule has 0 saturated carbocycles. The summed E-state index contributed by atoms with van der Waals surface area (Å²) in [6.07, 6.45) is 3.35. The molecule has 1 aromatic carbocycles. The third-order valence-electron chi connectivity index (χ3n) is 3.49. The van der Waals surface area contributed by atoms with Crippen LogP contribution in [-0.4, -0.2) is 30.4 Å². The number of aromatic nitrogens is 4. The number of aryl methyl sites for hydroxylation is 1. The predicted octanol–water partition coefficient (Wildman–Crippen LogP) is 1.49. The van der Waals surface area contributed by atoms with Gasteiger partial charge in [0.05, 0.1) is 17.2 Å². The molecule has 3 rings (SSSR count). The summed E-state index contributed by atoms with van der Waals surface area (Å²) in [7, 11) is 1.80. The van der Waals surface area contributed by atoms with Crippen LogP contribution in [0.3, 0.4) is 0 Å². The minimum atomic E-state index is -0.519. The molecule has 0 atom stereocenters. The van der Waals surface area contributed by atoms with Gasteiger partial charge in [-0.15, -0.1) is 0 Å². The molecule has 1 amide bonds. The van der Waals surface area contributed by atoms with Crippen molar-refractivity contribution in [2.45, 2.75) is 13.3 Å². The Morgan fingerprint density at radius 2 is 2.04 bits per heavy atom. The molecule has 0 spiro atoms. The standard InChI is InChI=1S/C16H16N6O4/c1-20-8-6-12(18-20)10-17-16(23)13-7-9-21(19-13)11-26-15-5-3-2-4-14(15)22(24)25/h2-9H,10-11H2,1H3,(H,17,23). The van der Waals surface area contributed by atoms with Crippen molar-refractivity contribution in [3.63, 3.8) is 0 Å². The predicted molar refractivity (Wildman–Crippen MR) is 90.3 cm³/mol. The van der Waals surface area contributed by atoms with E-state index in [1.807, 2.05) is 0 Å². The minimum absolute atomic E-state index is 0.0572. The number of nitro benzene ring substituents is 1. The molecular formula is C16H16N6O4. The summed E-state index contributed by atoms with van der Waals surface area (Å²) in [6, 6.07) is 9.40. The van der Waals surface area contributed by atoms with E-state index in [0.717, 1.165) is 5.69 Å². The second-order valence-corrected chi connectivity index (χ2v) is 5.40. The van der Waals surface area contributed by atoms with Gasteiger partial charge in [-0.05, 0) is 18.2 Å². The lowest BCUT2D eigenvalue weighted by Gasteiger charge is -2.06. The fourth-order valence-electron chi connectivity index (χ4n) is 2.24. The Balaban J connectivity index is 1.58. The van der Waals surface area contributed by atoms with Crippen molar-refractivity contribution in [3.05, 3.63) is 70.3 Å². The van der Waals surface area contributed by atoms with Crippen molar-refractivity contribution in [2.75, 3.05) is 0 Å². The van der Waals surface area contributed by atoms with Crippen molar-refractivity contribution in [2.24, 2.45) is 7.05 Å². The lowest BCUT2D eigenvalue weighted by molar-refractivity contribution is -0.386. The van der Waals surface area contributed by atoms with Crippen LogP contribution in [0.5, 0.6) is 5.75 Å². The maximum atomic E-state index is 12.1. The summed E-state index contributed by atoms with van der Waals surface area (Å²) in [4.78, 5) is 22.5.